The maximum absolute atomic E-state index is 12.9. The summed E-state index contributed by atoms with van der Waals surface area (Å²) in [6.07, 6.45) is 3.09. The monoisotopic (exact) mass is 377 g/mol. The highest BCUT2D eigenvalue weighted by molar-refractivity contribution is 7.14. The van der Waals surface area contributed by atoms with Crippen molar-refractivity contribution in [2.24, 2.45) is 0 Å². The van der Waals surface area contributed by atoms with Crippen LogP contribution in [0.3, 0.4) is 0 Å². The number of furan rings is 1. The fraction of sp³-hybridized carbons (Fsp3) is 0.150. The van der Waals surface area contributed by atoms with Crippen LogP contribution in [0.5, 0.6) is 0 Å². The van der Waals surface area contributed by atoms with Crippen molar-refractivity contribution in [3.63, 3.8) is 0 Å². The zero-order chi connectivity index (χ0) is 18.3. The molecule has 27 heavy (non-hydrogen) atoms. The first-order chi connectivity index (χ1) is 13.2. The van der Waals surface area contributed by atoms with Gasteiger partial charge in [-0.05, 0) is 25.0 Å². The molecule has 0 saturated heterocycles. The number of aromatic nitrogens is 2. The summed E-state index contributed by atoms with van der Waals surface area (Å²) in [7, 11) is 0. The first kappa shape index (κ1) is 16.0. The maximum atomic E-state index is 12.9. The summed E-state index contributed by atoms with van der Waals surface area (Å²) < 4.78 is 10.8. The number of hydrogen-bond acceptors (Lipinski definition) is 6. The number of carbonyl (C=O) groups excluding carboxylic acids is 1. The second-order valence-corrected chi connectivity index (χ2v) is 7.35. The second kappa shape index (κ2) is 6.21. The fourth-order valence-electron chi connectivity index (χ4n) is 3.05. The van der Waals surface area contributed by atoms with Gasteiger partial charge in [0.25, 0.3) is 0 Å². The smallest absolute Gasteiger partial charge is 0.238 e. The van der Waals surface area contributed by atoms with E-state index in [1.165, 1.54) is 11.3 Å². The van der Waals surface area contributed by atoms with E-state index in [1.54, 1.807) is 12.3 Å². The molecule has 1 amide bonds. The third-order valence-corrected chi connectivity index (χ3v) is 5.50. The molecule has 0 spiro atoms. The zero-order valence-corrected chi connectivity index (χ0v) is 15.0. The highest BCUT2D eigenvalue weighted by Gasteiger charge is 2.54. The Kier molecular flexibility index (Phi) is 3.68. The molecule has 0 radical (unpaired) electrons. The van der Waals surface area contributed by atoms with Crippen LogP contribution in [0.2, 0.25) is 0 Å². The Hall–Kier alpha value is -3.19. The Labute approximate surface area is 158 Å². The van der Waals surface area contributed by atoms with Gasteiger partial charge in [-0.15, -0.1) is 11.3 Å². The molecule has 1 saturated carbocycles. The molecule has 1 fully saturated rings. The number of nitrogens with zero attached hydrogens (tertiary/aromatic N) is 2. The third kappa shape index (κ3) is 2.86. The molecule has 0 unspecified atom stereocenters. The van der Waals surface area contributed by atoms with Gasteiger partial charge in [0, 0.05) is 17.0 Å². The lowest BCUT2D eigenvalue weighted by Crippen LogP contribution is -2.28. The Balaban J connectivity index is 1.35. The largest absolute Gasteiger partial charge is 0.463 e. The number of anilines is 1. The van der Waals surface area contributed by atoms with Gasteiger partial charge in [-0.3, -0.25) is 4.79 Å². The topological polar surface area (TPSA) is 81.2 Å². The van der Waals surface area contributed by atoms with Crippen molar-refractivity contribution in [3.05, 3.63) is 65.9 Å². The van der Waals surface area contributed by atoms with Crippen LogP contribution < -0.4 is 5.32 Å². The maximum Gasteiger partial charge on any atom is 0.238 e. The van der Waals surface area contributed by atoms with Crippen molar-refractivity contribution in [3.8, 4) is 22.8 Å². The number of hydrogen-bond donors (Lipinski definition) is 1. The molecule has 1 N–H and O–H groups in total. The van der Waals surface area contributed by atoms with Gasteiger partial charge in [0.05, 0.1) is 17.4 Å². The van der Waals surface area contributed by atoms with E-state index in [0.717, 1.165) is 18.4 Å². The lowest BCUT2D eigenvalue weighted by molar-refractivity contribution is -0.118. The molecular formula is C20H15N3O3S. The molecule has 6 nitrogen and oxygen atoms in total. The van der Waals surface area contributed by atoms with Crippen molar-refractivity contribution >= 4 is 22.4 Å². The number of rotatable bonds is 5. The summed E-state index contributed by atoms with van der Waals surface area (Å²) in [6.45, 7) is 0. The van der Waals surface area contributed by atoms with E-state index in [4.69, 9.17) is 8.94 Å². The Morgan fingerprint density at radius 2 is 1.96 bits per heavy atom. The van der Waals surface area contributed by atoms with Gasteiger partial charge in [-0.1, -0.05) is 35.5 Å². The minimum Gasteiger partial charge on any atom is -0.463 e. The number of nitrogens with one attached hydrogen (secondary N) is 1. The first-order valence-electron chi connectivity index (χ1n) is 8.58. The predicted molar refractivity (Wildman–Crippen MR) is 101 cm³/mol. The zero-order valence-electron chi connectivity index (χ0n) is 14.2. The van der Waals surface area contributed by atoms with Crippen LogP contribution in [0, 0.1) is 0 Å². The molecule has 0 aliphatic heterocycles. The van der Waals surface area contributed by atoms with Crippen LogP contribution in [0.1, 0.15) is 18.5 Å². The highest BCUT2D eigenvalue weighted by atomic mass is 32.1. The van der Waals surface area contributed by atoms with Crippen molar-refractivity contribution in [1.29, 1.82) is 0 Å². The van der Waals surface area contributed by atoms with Gasteiger partial charge in [0.15, 0.2) is 16.7 Å². The third-order valence-electron chi connectivity index (χ3n) is 4.74. The predicted octanol–water partition coefficient (Wildman–Crippen LogP) is 4.73. The quantitative estimate of drug-likeness (QED) is 0.544. The molecule has 3 aromatic heterocycles. The lowest BCUT2D eigenvalue weighted by atomic mass is 10.0. The summed E-state index contributed by atoms with van der Waals surface area (Å²) in [5, 5.41) is 9.49. The van der Waals surface area contributed by atoms with E-state index in [0.29, 0.717) is 28.0 Å². The minimum atomic E-state index is -0.632. The van der Waals surface area contributed by atoms with Crippen molar-refractivity contribution in [2.75, 3.05) is 5.32 Å². The van der Waals surface area contributed by atoms with E-state index < -0.39 is 5.41 Å². The summed E-state index contributed by atoms with van der Waals surface area (Å²) in [4.78, 5) is 17.3. The molecule has 134 valence electrons. The summed E-state index contributed by atoms with van der Waals surface area (Å²) in [5.41, 5.74) is 1.68. The van der Waals surface area contributed by atoms with Crippen LogP contribution in [0.15, 0.2) is 69.1 Å². The molecule has 1 aromatic carbocycles. The highest BCUT2D eigenvalue weighted by Crippen LogP contribution is 2.49. The average Bonchev–Trinajstić information content (AvgIpc) is 3.13. The first-order valence-corrected chi connectivity index (χ1v) is 9.46. The molecule has 7 heteroatoms. The number of carbonyl (C=O) groups is 1. The van der Waals surface area contributed by atoms with E-state index in [-0.39, 0.29) is 5.91 Å². The lowest BCUT2D eigenvalue weighted by Gasteiger charge is -2.10. The summed E-state index contributed by atoms with van der Waals surface area (Å²) >= 11 is 1.37. The molecule has 0 bridgehead atoms. The van der Waals surface area contributed by atoms with Gasteiger partial charge < -0.3 is 14.3 Å². The Morgan fingerprint density at radius 3 is 2.70 bits per heavy atom. The van der Waals surface area contributed by atoms with Gasteiger partial charge in [0.1, 0.15) is 5.69 Å². The average molecular weight is 377 g/mol. The van der Waals surface area contributed by atoms with Gasteiger partial charge in [0.2, 0.25) is 5.91 Å². The van der Waals surface area contributed by atoms with Crippen molar-refractivity contribution in [2.45, 2.75) is 18.3 Å². The normalized spacial score (nSPS) is 14.8. The fourth-order valence-corrected chi connectivity index (χ4v) is 3.74. The van der Waals surface area contributed by atoms with E-state index in [9.17, 15) is 4.79 Å². The molecule has 3 heterocycles. The molecule has 1 aliphatic rings. The summed E-state index contributed by atoms with van der Waals surface area (Å²) in [5.74, 6) is 1.24. The van der Waals surface area contributed by atoms with E-state index >= 15 is 0 Å². The Bertz CT molecular complexity index is 1080. The minimum absolute atomic E-state index is 0.101. The van der Waals surface area contributed by atoms with Gasteiger partial charge in [-0.2, -0.15) is 0 Å². The van der Waals surface area contributed by atoms with Crippen LogP contribution in [-0.4, -0.2) is 16.0 Å². The summed E-state index contributed by atoms with van der Waals surface area (Å²) in [6, 6.07) is 15.2. The van der Waals surface area contributed by atoms with Crippen LogP contribution in [-0.2, 0) is 10.2 Å². The SMILES string of the molecule is O=C(Nc1nc(-c2ccco2)cs1)C1(c2cc(-c3ccccc3)on2)CC1. The van der Waals surface area contributed by atoms with Gasteiger partial charge in [-0.25, -0.2) is 4.98 Å². The standard InChI is InChI=1S/C20H15N3O3S/c24-18(22-19-21-14(12-27-19)15-7-4-10-25-15)20(8-9-20)17-11-16(26-23-17)13-5-2-1-3-6-13/h1-7,10-12H,8-9H2,(H,21,22,24). The molecule has 4 aromatic rings. The molecule has 0 atom stereocenters. The van der Waals surface area contributed by atoms with Crippen molar-refractivity contribution < 1.29 is 13.7 Å². The Morgan fingerprint density at radius 1 is 1.11 bits per heavy atom. The van der Waals surface area contributed by atoms with Crippen molar-refractivity contribution in [1.82, 2.24) is 10.1 Å². The van der Waals surface area contributed by atoms with Crippen LogP contribution >= 0.6 is 11.3 Å². The van der Waals surface area contributed by atoms with E-state index in [1.807, 2.05) is 47.8 Å². The number of amides is 1. The van der Waals surface area contributed by atoms with E-state index in [2.05, 4.69) is 15.5 Å². The second-order valence-electron chi connectivity index (χ2n) is 6.49. The van der Waals surface area contributed by atoms with Crippen LogP contribution in [0.25, 0.3) is 22.8 Å². The van der Waals surface area contributed by atoms with Gasteiger partial charge >= 0.3 is 0 Å². The molecular weight excluding hydrogens is 362 g/mol. The molecule has 5 rings (SSSR count). The van der Waals surface area contributed by atoms with Crippen LogP contribution in [0.4, 0.5) is 5.13 Å². The number of benzene rings is 1. The molecule has 1 aliphatic carbocycles. The number of thiazole rings is 1.